The molecule has 0 aromatic carbocycles. The van der Waals surface area contributed by atoms with Crippen LogP contribution in [0.5, 0.6) is 0 Å². The van der Waals surface area contributed by atoms with E-state index >= 15 is 0 Å². The van der Waals surface area contributed by atoms with Crippen molar-refractivity contribution in [2.24, 2.45) is 0 Å². The Balaban J connectivity index is 2.54. The van der Waals surface area contributed by atoms with Crippen molar-refractivity contribution in [3.63, 3.8) is 0 Å². The summed E-state index contributed by atoms with van der Waals surface area (Å²) in [6, 6.07) is -0.127. The second kappa shape index (κ2) is 2.92. The number of aldehydes is 1. The quantitative estimate of drug-likeness (QED) is 0.396. The molecule has 0 spiro atoms. The molecule has 1 fully saturated rings. The highest BCUT2D eigenvalue weighted by Gasteiger charge is 2.26. The van der Waals surface area contributed by atoms with E-state index in [0.29, 0.717) is 6.29 Å². The molecule has 3 nitrogen and oxygen atoms in total. The Hall–Kier alpha value is -0.700. The SMILES string of the molecule is CN1CCCC1C(=O)C=O. The highest BCUT2D eigenvalue weighted by molar-refractivity contribution is 6.27. The summed E-state index contributed by atoms with van der Waals surface area (Å²) in [5, 5.41) is 0. The minimum atomic E-state index is -0.278. The molecule has 0 amide bonds. The lowest BCUT2D eigenvalue weighted by molar-refractivity contribution is -0.132. The molecule has 1 atom stereocenters. The normalized spacial score (nSPS) is 26.7. The number of hydrogen-bond acceptors (Lipinski definition) is 3. The van der Waals surface area contributed by atoms with Gasteiger partial charge in [0.2, 0.25) is 5.78 Å². The van der Waals surface area contributed by atoms with Crippen LogP contribution in [0, 0.1) is 0 Å². The number of likely N-dealkylation sites (N-methyl/N-ethyl adjacent to an activating group) is 1. The van der Waals surface area contributed by atoms with Gasteiger partial charge < -0.3 is 0 Å². The molecular formula is C7H11NO2. The monoisotopic (exact) mass is 141 g/mol. The van der Waals surface area contributed by atoms with Crippen molar-refractivity contribution in [2.75, 3.05) is 13.6 Å². The fraction of sp³-hybridized carbons (Fsp3) is 0.714. The highest BCUT2D eigenvalue weighted by atomic mass is 16.2. The molecule has 0 aromatic heterocycles. The summed E-state index contributed by atoms with van der Waals surface area (Å²) in [7, 11) is 1.87. The molecule has 3 heteroatoms. The van der Waals surface area contributed by atoms with Crippen LogP contribution in [-0.4, -0.2) is 36.6 Å². The number of carbonyl (C=O) groups excluding carboxylic acids is 2. The average Bonchev–Trinajstić information content (AvgIpc) is 2.34. The van der Waals surface area contributed by atoms with E-state index in [1.165, 1.54) is 0 Å². The van der Waals surface area contributed by atoms with Crippen molar-refractivity contribution < 1.29 is 9.59 Å². The standard InChI is InChI=1S/C7H11NO2/c1-8-4-2-3-6(8)7(10)5-9/h5-6H,2-4H2,1H3. The van der Waals surface area contributed by atoms with Crippen LogP contribution >= 0.6 is 0 Å². The predicted octanol–water partition coefficient (Wildman–Crippen LogP) is -0.151. The van der Waals surface area contributed by atoms with Crippen molar-refractivity contribution >= 4 is 12.1 Å². The zero-order chi connectivity index (χ0) is 7.56. The van der Waals surface area contributed by atoms with Crippen LogP contribution in [0.3, 0.4) is 0 Å². The van der Waals surface area contributed by atoms with Crippen LogP contribution in [0.15, 0.2) is 0 Å². The fourth-order valence-electron chi connectivity index (χ4n) is 1.35. The minimum Gasteiger partial charge on any atom is -0.296 e. The molecule has 10 heavy (non-hydrogen) atoms. The van der Waals surface area contributed by atoms with Crippen LogP contribution in [-0.2, 0) is 9.59 Å². The number of carbonyl (C=O) groups is 2. The van der Waals surface area contributed by atoms with Gasteiger partial charge in [-0.3, -0.25) is 14.5 Å². The third-order valence-corrected chi connectivity index (χ3v) is 1.97. The lowest BCUT2D eigenvalue weighted by atomic mass is 10.1. The minimum absolute atomic E-state index is 0.127. The molecule has 0 aliphatic carbocycles. The lowest BCUT2D eigenvalue weighted by Crippen LogP contribution is -2.33. The molecule has 56 valence electrons. The maximum Gasteiger partial charge on any atom is 0.212 e. The van der Waals surface area contributed by atoms with Gasteiger partial charge in [-0.15, -0.1) is 0 Å². The third kappa shape index (κ3) is 1.24. The van der Waals surface area contributed by atoms with Gasteiger partial charge >= 0.3 is 0 Å². The zero-order valence-corrected chi connectivity index (χ0v) is 6.04. The zero-order valence-electron chi connectivity index (χ0n) is 6.04. The van der Waals surface area contributed by atoms with E-state index in [1.807, 2.05) is 11.9 Å². The van der Waals surface area contributed by atoms with Crippen LogP contribution in [0.4, 0.5) is 0 Å². The number of nitrogens with zero attached hydrogens (tertiary/aromatic N) is 1. The molecule has 1 saturated heterocycles. The largest absolute Gasteiger partial charge is 0.296 e. The van der Waals surface area contributed by atoms with Crippen molar-refractivity contribution in [3.8, 4) is 0 Å². The molecule has 0 bridgehead atoms. The highest BCUT2D eigenvalue weighted by Crippen LogP contribution is 2.14. The molecule has 1 unspecified atom stereocenters. The molecule has 0 N–H and O–H groups in total. The smallest absolute Gasteiger partial charge is 0.212 e. The fourth-order valence-corrected chi connectivity index (χ4v) is 1.35. The average molecular weight is 141 g/mol. The second-order valence-electron chi connectivity index (χ2n) is 2.66. The molecular weight excluding hydrogens is 130 g/mol. The number of rotatable bonds is 2. The lowest BCUT2D eigenvalue weighted by Gasteiger charge is -2.14. The molecule has 1 aliphatic heterocycles. The maximum absolute atomic E-state index is 10.8. The van der Waals surface area contributed by atoms with Gasteiger partial charge in [0, 0.05) is 0 Å². The van der Waals surface area contributed by atoms with Gasteiger partial charge in [0.15, 0.2) is 6.29 Å². The van der Waals surface area contributed by atoms with E-state index in [9.17, 15) is 9.59 Å². The van der Waals surface area contributed by atoms with E-state index < -0.39 is 0 Å². The van der Waals surface area contributed by atoms with E-state index in [1.54, 1.807) is 0 Å². The van der Waals surface area contributed by atoms with Gasteiger partial charge in [-0.2, -0.15) is 0 Å². The van der Waals surface area contributed by atoms with E-state index in [0.717, 1.165) is 19.4 Å². The van der Waals surface area contributed by atoms with Crippen molar-refractivity contribution in [1.29, 1.82) is 0 Å². The Morgan fingerprint density at radius 1 is 1.70 bits per heavy atom. The molecule has 1 heterocycles. The van der Waals surface area contributed by atoms with E-state index in [4.69, 9.17) is 0 Å². The molecule has 1 rings (SSSR count). The van der Waals surface area contributed by atoms with Gasteiger partial charge in [-0.1, -0.05) is 0 Å². The van der Waals surface area contributed by atoms with Gasteiger partial charge in [-0.25, -0.2) is 0 Å². The van der Waals surface area contributed by atoms with Crippen LogP contribution in [0.2, 0.25) is 0 Å². The molecule has 0 saturated carbocycles. The summed E-state index contributed by atoms with van der Waals surface area (Å²) in [6.45, 7) is 0.935. The summed E-state index contributed by atoms with van der Waals surface area (Å²) in [5.74, 6) is -0.278. The Labute approximate surface area is 60.0 Å². The first-order chi connectivity index (χ1) is 4.75. The van der Waals surface area contributed by atoms with Gasteiger partial charge in [0.1, 0.15) is 0 Å². The Morgan fingerprint density at radius 2 is 2.40 bits per heavy atom. The summed E-state index contributed by atoms with van der Waals surface area (Å²) in [4.78, 5) is 22.8. The first-order valence-corrected chi connectivity index (χ1v) is 3.45. The summed E-state index contributed by atoms with van der Waals surface area (Å²) in [6.07, 6.45) is 2.29. The maximum atomic E-state index is 10.8. The molecule has 0 aromatic rings. The Kier molecular flexibility index (Phi) is 2.17. The van der Waals surface area contributed by atoms with Crippen molar-refractivity contribution in [3.05, 3.63) is 0 Å². The van der Waals surface area contributed by atoms with Crippen LogP contribution < -0.4 is 0 Å². The van der Waals surface area contributed by atoms with E-state index in [2.05, 4.69) is 0 Å². The number of ketones is 1. The molecule has 1 aliphatic rings. The van der Waals surface area contributed by atoms with Gasteiger partial charge in [0.25, 0.3) is 0 Å². The van der Waals surface area contributed by atoms with E-state index in [-0.39, 0.29) is 11.8 Å². The first kappa shape index (κ1) is 7.41. The summed E-state index contributed by atoms with van der Waals surface area (Å²) < 4.78 is 0. The topological polar surface area (TPSA) is 37.4 Å². The number of likely N-dealkylation sites (tertiary alicyclic amines) is 1. The predicted molar refractivity (Wildman–Crippen MR) is 36.7 cm³/mol. The van der Waals surface area contributed by atoms with Gasteiger partial charge in [0.05, 0.1) is 6.04 Å². The van der Waals surface area contributed by atoms with Crippen LogP contribution in [0.1, 0.15) is 12.8 Å². The Morgan fingerprint density at radius 3 is 2.80 bits per heavy atom. The van der Waals surface area contributed by atoms with Crippen molar-refractivity contribution in [1.82, 2.24) is 4.90 Å². The first-order valence-electron chi connectivity index (χ1n) is 3.45. The van der Waals surface area contributed by atoms with Gasteiger partial charge in [-0.05, 0) is 26.4 Å². The number of Topliss-reactive ketones (excluding diaryl/α,β-unsaturated/α-hetero) is 1. The second-order valence-corrected chi connectivity index (χ2v) is 2.66. The third-order valence-electron chi connectivity index (χ3n) is 1.97. The summed E-state index contributed by atoms with van der Waals surface area (Å²) in [5.41, 5.74) is 0. The van der Waals surface area contributed by atoms with Crippen molar-refractivity contribution in [2.45, 2.75) is 18.9 Å². The number of hydrogen-bond donors (Lipinski definition) is 0. The Bertz CT molecular complexity index is 156. The van der Waals surface area contributed by atoms with Crippen LogP contribution in [0.25, 0.3) is 0 Å². The molecule has 0 radical (unpaired) electrons. The summed E-state index contributed by atoms with van der Waals surface area (Å²) >= 11 is 0.